The molecule has 0 saturated carbocycles. The van der Waals surface area contributed by atoms with Crippen molar-refractivity contribution < 1.29 is 9.50 Å². The predicted octanol–water partition coefficient (Wildman–Crippen LogP) is 3.45. The van der Waals surface area contributed by atoms with Crippen LogP contribution in [0.4, 0.5) is 10.1 Å². The van der Waals surface area contributed by atoms with Crippen molar-refractivity contribution in [2.45, 2.75) is 13.5 Å². The van der Waals surface area contributed by atoms with E-state index < -0.39 is 0 Å². The van der Waals surface area contributed by atoms with Crippen molar-refractivity contribution in [3.63, 3.8) is 0 Å². The summed E-state index contributed by atoms with van der Waals surface area (Å²) in [6, 6.07) is 12.1. The number of phenolic OH excluding ortho intramolecular Hbond substituents is 1. The van der Waals surface area contributed by atoms with Gasteiger partial charge in [-0.05, 0) is 36.2 Å². The number of aryl methyl sites for hydroxylation is 1. The molecule has 0 heterocycles. The Bertz CT molecular complexity index is 508. The number of benzene rings is 2. The summed E-state index contributed by atoms with van der Waals surface area (Å²) < 4.78 is 13.7. The van der Waals surface area contributed by atoms with Crippen molar-refractivity contribution in [1.29, 1.82) is 0 Å². The van der Waals surface area contributed by atoms with Gasteiger partial charge < -0.3 is 10.4 Å². The van der Waals surface area contributed by atoms with Crippen molar-refractivity contribution >= 4 is 5.69 Å². The molecule has 0 unspecified atom stereocenters. The molecule has 2 aromatic carbocycles. The molecule has 0 aliphatic carbocycles. The van der Waals surface area contributed by atoms with Gasteiger partial charge in [0.05, 0.1) is 5.69 Å². The molecule has 0 spiro atoms. The SMILES string of the molecule is Cc1cccc(NCc2ccc(O)cc2)c1F. The van der Waals surface area contributed by atoms with Crippen LogP contribution in [0.1, 0.15) is 11.1 Å². The minimum atomic E-state index is -0.216. The van der Waals surface area contributed by atoms with Crippen LogP contribution in [0.2, 0.25) is 0 Å². The summed E-state index contributed by atoms with van der Waals surface area (Å²) in [5, 5.41) is 12.2. The van der Waals surface area contributed by atoms with E-state index in [-0.39, 0.29) is 11.6 Å². The van der Waals surface area contributed by atoms with Crippen molar-refractivity contribution in [2.24, 2.45) is 0 Å². The van der Waals surface area contributed by atoms with Gasteiger partial charge in [0, 0.05) is 6.54 Å². The third-order valence-corrected chi connectivity index (χ3v) is 2.61. The Kier molecular flexibility index (Phi) is 3.28. The molecule has 0 atom stereocenters. The molecule has 0 aliphatic rings. The number of nitrogens with one attached hydrogen (secondary N) is 1. The van der Waals surface area contributed by atoms with Crippen LogP contribution in [-0.4, -0.2) is 5.11 Å². The maximum Gasteiger partial charge on any atom is 0.149 e. The van der Waals surface area contributed by atoms with Gasteiger partial charge in [-0.2, -0.15) is 0 Å². The second kappa shape index (κ2) is 4.87. The van der Waals surface area contributed by atoms with Gasteiger partial charge >= 0.3 is 0 Å². The summed E-state index contributed by atoms with van der Waals surface area (Å²) in [5.41, 5.74) is 2.11. The molecule has 88 valence electrons. The van der Waals surface area contributed by atoms with Gasteiger partial charge in [0.25, 0.3) is 0 Å². The highest BCUT2D eigenvalue weighted by Crippen LogP contribution is 2.18. The maximum atomic E-state index is 13.7. The second-order valence-corrected chi connectivity index (χ2v) is 3.96. The lowest BCUT2D eigenvalue weighted by Crippen LogP contribution is -2.02. The molecular formula is C14H14FNO. The average Bonchev–Trinajstić information content (AvgIpc) is 2.33. The minimum absolute atomic E-state index is 0.216. The van der Waals surface area contributed by atoms with Gasteiger partial charge in [-0.3, -0.25) is 0 Å². The third kappa shape index (κ3) is 2.75. The van der Waals surface area contributed by atoms with Gasteiger partial charge in [-0.25, -0.2) is 4.39 Å². The van der Waals surface area contributed by atoms with E-state index in [2.05, 4.69) is 5.32 Å². The highest BCUT2D eigenvalue weighted by atomic mass is 19.1. The Morgan fingerprint density at radius 1 is 1.12 bits per heavy atom. The molecule has 2 N–H and O–H groups in total. The summed E-state index contributed by atoms with van der Waals surface area (Å²) in [7, 11) is 0. The number of halogens is 1. The van der Waals surface area contributed by atoms with Crippen molar-refractivity contribution in [3.05, 3.63) is 59.4 Å². The second-order valence-electron chi connectivity index (χ2n) is 3.96. The van der Waals surface area contributed by atoms with Gasteiger partial charge in [0.1, 0.15) is 11.6 Å². The number of phenols is 1. The van der Waals surface area contributed by atoms with Crippen molar-refractivity contribution in [1.82, 2.24) is 0 Å². The number of hydrogen-bond donors (Lipinski definition) is 2. The molecule has 0 saturated heterocycles. The Morgan fingerprint density at radius 2 is 1.82 bits per heavy atom. The van der Waals surface area contributed by atoms with Crippen LogP contribution in [0.3, 0.4) is 0 Å². The lowest BCUT2D eigenvalue weighted by atomic mass is 10.2. The molecule has 3 heteroatoms. The van der Waals surface area contributed by atoms with Crippen LogP contribution in [-0.2, 0) is 6.54 Å². The lowest BCUT2D eigenvalue weighted by molar-refractivity contribution is 0.475. The Morgan fingerprint density at radius 3 is 2.53 bits per heavy atom. The molecule has 0 radical (unpaired) electrons. The molecule has 17 heavy (non-hydrogen) atoms. The standard InChI is InChI=1S/C14H14FNO/c1-10-3-2-4-13(14(10)15)16-9-11-5-7-12(17)8-6-11/h2-8,16-17H,9H2,1H3. The van der Waals surface area contributed by atoms with Crippen LogP contribution in [0.15, 0.2) is 42.5 Å². The average molecular weight is 231 g/mol. The highest BCUT2D eigenvalue weighted by molar-refractivity contribution is 5.47. The molecule has 0 amide bonds. The molecule has 0 aliphatic heterocycles. The zero-order valence-corrected chi connectivity index (χ0v) is 9.57. The Labute approximate surface area is 99.7 Å². The van der Waals surface area contributed by atoms with Crippen LogP contribution in [0, 0.1) is 12.7 Å². The largest absolute Gasteiger partial charge is 0.508 e. The quantitative estimate of drug-likeness (QED) is 0.848. The summed E-state index contributed by atoms with van der Waals surface area (Å²) in [5.74, 6) is 0.0155. The minimum Gasteiger partial charge on any atom is -0.508 e. The molecule has 2 aromatic rings. The zero-order valence-electron chi connectivity index (χ0n) is 9.57. The monoisotopic (exact) mass is 231 g/mol. The van der Waals surface area contributed by atoms with E-state index in [1.165, 1.54) is 0 Å². The van der Waals surface area contributed by atoms with Crippen LogP contribution >= 0.6 is 0 Å². The normalized spacial score (nSPS) is 10.2. The van der Waals surface area contributed by atoms with E-state index in [9.17, 15) is 4.39 Å². The summed E-state index contributed by atoms with van der Waals surface area (Å²) in [6.45, 7) is 2.27. The lowest BCUT2D eigenvalue weighted by Gasteiger charge is -2.09. The highest BCUT2D eigenvalue weighted by Gasteiger charge is 2.03. The molecule has 0 bridgehead atoms. The summed E-state index contributed by atoms with van der Waals surface area (Å²) in [6.07, 6.45) is 0. The van der Waals surface area contributed by atoms with Gasteiger partial charge in [0.15, 0.2) is 0 Å². The molecular weight excluding hydrogens is 217 g/mol. The van der Waals surface area contributed by atoms with E-state index >= 15 is 0 Å². The van der Waals surface area contributed by atoms with E-state index in [1.54, 1.807) is 43.3 Å². The summed E-state index contributed by atoms with van der Waals surface area (Å²) in [4.78, 5) is 0. The maximum absolute atomic E-state index is 13.7. The summed E-state index contributed by atoms with van der Waals surface area (Å²) >= 11 is 0. The van der Waals surface area contributed by atoms with Gasteiger partial charge in [-0.1, -0.05) is 24.3 Å². The van der Waals surface area contributed by atoms with Crippen LogP contribution in [0.25, 0.3) is 0 Å². The number of aromatic hydroxyl groups is 1. The molecule has 0 fully saturated rings. The van der Waals surface area contributed by atoms with Gasteiger partial charge in [-0.15, -0.1) is 0 Å². The topological polar surface area (TPSA) is 32.3 Å². The van der Waals surface area contributed by atoms with E-state index in [0.717, 1.165) is 5.56 Å². The molecule has 2 nitrogen and oxygen atoms in total. The fourth-order valence-electron chi connectivity index (χ4n) is 1.60. The predicted molar refractivity (Wildman–Crippen MR) is 66.6 cm³/mol. The fourth-order valence-corrected chi connectivity index (χ4v) is 1.60. The fraction of sp³-hybridized carbons (Fsp3) is 0.143. The first-order chi connectivity index (χ1) is 8.16. The number of anilines is 1. The molecule has 0 aromatic heterocycles. The zero-order chi connectivity index (χ0) is 12.3. The first kappa shape index (κ1) is 11.5. The van der Waals surface area contributed by atoms with Crippen molar-refractivity contribution in [2.75, 3.05) is 5.32 Å². The Balaban J connectivity index is 2.07. The van der Waals surface area contributed by atoms with Crippen molar-refractivity contribution in [3.8, 4) is 5.75 Å². The Hall–Kier alpha value is -2.03. The number of hydrogen-bond acceptors (Lipinski definition) is 2. The van der Waals surface area contributed by atoms with Crippen LogP contribution in [0.5, 0.6) is 5.75 Å². The van der Waals surface area contributed by atoms with Gasteiger partial charge in [0.2, 0.25) is 0 Å². The van der Waals surface area contributed by atoms with E-state index in [1.807, 2.05) is 6.07 Å². The van der Waals surface area contributed by atoms with E-state index in [4.69, 9.17) is 5.11 Å². The smallest absolute Gasteiger partial charge is 0.149 e. The van der Waals surface area contributed by atoms with E-state index in [0.29, 0.717) is 17.8 Å². The third-order valence-electron chi connectivity index (χ3n) is 2.61. The molecule has 2 rings (SSSR count). The van der Waals surface area contributed by atoms with Crippen LogP contribution < -0.4 is 5.32 Å². The first-order valence-corrected chi connectivity index (χ1v) is 5.44. The first-order valence-electron chi connectivity index (χ1n) is 5.44. The number of rotatable bonds is 3.